The minimum atomic E-state index is 0.542. The van der Waals surface area contributed by atoms with Crippen LogP contribution >= 0.6 is 0 Å². The summed E-state index contributed by atoms with van der Waals surface area (Å²) in [6, 6.07) is 8.89. The topological polar surface area (TPSA) is 42.7 Å². The van der Waals surface area contributed by atoms with E-state index < -0.39 is 0 Å². The summed E-state index contributed by atoms with van der Waals surface area (Å²) in [7, 11) is 1.89. The maximum Gasteiger partial charge on any atom is 0.181 e. The van der Waals surface area contributed by atoms with Crippen molar-refractivity contribution in [3.63, 3.8) is 0 Å². The highest BCUT2D eigenvalue weighted by molar-refractivity contribution is 5.62. The first-order valence-electron chi connectivity index (χ1n) is 6.95. The molecule has 1 saturated carbocycles. The molecule has 100 valence electrons. The summed E-state index contributed by atoms with van der Waals surface area (Å²) in [6.45, 7) is 2.27. The summed E-state index contributed by atoms with van der Waals surface area (Å²) in [4.78, 5) is 4.29. The van der Waals surface area contributed by atoms with Crippen molar-refractivity contribution in [2.45, 2.75) is 32.2 Å². The van der Waals surface area contributed by atoms with E-state index >= 15 is 0 Å². The van der Waals surface area contributed by atoms with E-state index in [1.54, 1.807) is 11.0 Å². The Morgan fingerprint density at radius 3 is 2.84 bits per heavy atom. The van der Waals surface area contributed by atoms with Gasteiger partial charge in [0.1, 0.15) is 6.33 Å². The lowest BCUT2D eigenvalue weighted by atomic mass is 9.80. The molecule has 3 rings (SSSR count). The Labute approximate surface area is 113 Å². The molecule has 0 bridgehead atoms. The van der Waals surface area contributed by atoms with Crippen molar-refractivity contribution in [1.82, 2.24) is 14.8 Å². The molecule has 1 aromatic carbocycles. The molecule has 1 aliphatic rings. The van der Waals surface area contributed by atoms with Crippen LogP contribution in [0.4, 0.5) is 5.69 Å². The van der Waals surface area contributed by atoms with Crippen molar-refractivity contribution >= 4 is 5.69 Å². The Hall–Kier alpha value is -1.84. The molecule has 1 N–H and O–H groups in total. The second-order valence-electron chi connectivity index (χ2n) is 5.45. The first kappa shape index (κ1) is 12.2. The summed E-state index contributed by atoms with van der Waals surface area (Å²) in [5, 5.41) is 7.94. The summed E-state index contributed by atoms with van der Waals surface area (Å²) >= 11 is 0. The third kappa shape index (κ3) is 2.62. The number of benzene rings is 1. The minimum absolute atomic E-state index is 0.542. The maximum absolute atomic E-state index is 4.34. The van der Waals surface area contributed by atoms with Crippen molar-refractivity contribution in [3.05, 3.63) is 30.6 Å². The molecule has 0 amide bonds. The Balaban J connectivity index is 1.75. The van der Waals surface area contributed by atoms with Crippen molar-refractivity contribution in [2.75, 3.05) is 5.32 Å². The highest BCUT2D eigenvalue weighted by Crippen LogP contribution is 2.31. The fourth-order valence-corrected chi connectivity index (χ4v) is 2.54. The molecule has 0 radical (unpaired) electrons. The molecule has 2 aromatic rings. The zero-order valence-electron chi connectivity index (χ0n) is 11.5. The first-order valence-corrected chi connectivity index (χ1v) is 6.95. The second-order valence-corrected chi connectivity index (χ2v) is 5.45. The van der Waals surface area contributed by atoms with E-state index in [0.717, 1.165) is 23.0 Å². The van der Waals surface area contributed by atoms with Gasteiger partial charge in [0, 0.05) is 24.3 Å². The van der Waals surface area contributed by atoms with Gasteiger partial charge in [-0.2, -0.15) is 5.10 Å². The predicted molar refractivity (Wildman–Crippen MR) is 76.9 cm³/mol. The summed E-state index contributed by atoms with van der Waals surface area (Å²) in [5.41, 5.74) is 2.22. The Kier molecular flexibility index (Phi) is 3.23. The highest BCUT2D eigenvalue weighted by atomic mass is 15.3. The number of nitrogens with one attached hydrogen (secondary N) is 1. The van der Waals surface area contributed by atoms with Gasteiger partial charge in [-0.05, 0) is 37.8 Å². The number of aryl methyl sites for hydroxylation is 1. The number of rotatable bonds is 4. The fourth-order valence-electron chi connectivity index (χ4n) is 2.54. The average Bonchev–Trinajstić information content (AvgIpc) is 2.74. The van der Waals surface area contributed by atoms with Crippen LogP contribution in [0.5, 0.6) is 0 Å². The summed E-state index contributed by atoms with van der Waals surface area (Å²) in [6.07, 6.45) is 5.83. The van der Waals surface area contributed by atoms with E-state index in [1.165, 1.54) is 19.3 Å². The lowest BCUT2D eigenvalue weighted by Crippen LogP contribution is -2.30. The van der Waals surface area contributed by atoms with Crippen LogP contribution in [0.15, 0.2) is 30.6 Å². The van der Waals surface area contributed by atoms with Crippen LogP contribution in [0.2, 0.25) is 0 Å². The number of hydrogen-bond donors (Lipinski definition) is 1. The van der Waals surface area contributed by atoms with Gasteiger partial charge in [0.25, 0.3) is 0 Å². The Morgan fingerprint density at radius 2 is 2.21 bits per heavy atom. The molecule has 1 aliphatic carbocycles. The molecular weight excluding hydrogens is 236 g/mol. The SMILES string of the molecule is CC(Nc1cccc(-c2ncn(C)n2)c1)C1CCC1. The molecule has 0 spiro atoms. The summed E-state index contributed by atoms with van der Waals surface area (Å²) < 4.78 is 1.73. The van der Waals surface area contributed by atoms with Gasteiger partial charge < -0.3 is 5.32 Å². The molecule has 1 aromatic heterocycles. The van der Waals surface area contributed by atoms with E-state index in [4.69, 9.17) is 0 Å². The van der Waals surface area contributed by atoms with Gasteiger partial charge in [-0.15, -0.1) is 0 Å². The van der Waals surface area contributed by atoms with E-state index in [2.05, 4.69) is 46.6 Å². The Morgan fingerprint density at radius 1 is 1.37 bits per heavy atom. The smallest absolute Gasteiger partial charge is 0.181 e. The second kappa shape index (κ2) is 5.03. The molecule has 19 heavy (non-hydrogen) atoms. The van der Waals surface area contributed by atoms with Gasteiger partial charge in [0.05, 0.1) is 0 Å². The molecule has 1 heterocycles. The lowest BCUT2D eigenvalue weighted by molar-refractivity contribution is 0.285. The monoisotopic (exact) mass is 256 g/mol. The number of nitrogens with zero attached hydrogens (tertiary/aromatic N) is 3. The van der Waals surface area contributed by atoms with Gasteiger partial charge in [-0.1, -0.05) is 18.6 Å². The first-order chi connectivity index (χ1) is 9.22. The van der Waals surface area contributed by atoms with Crippen molar-refractivity contribution in [2.24, 2.45) is 13.0 Å². The normalized spacial score (nSPS) is 16.9. The average molecular weight is 256 g/mol. The number of hydrogen-bond acceptors (Lipinski definition) is 3. The lowest BCUT2D eigenvalue weighted by Gasteiger charge is -2.32. The van der Waals surface area contributed by atoms with Crippen LogP contribution in [0.3, 0.4) is 0 Å². The number of anilines is 1. The molecule has 1 unspecified atom stereocenters. The van der Waals surface area contributed by atoms with Crippen LogP contribution in [0, 0.1) is 5.92 Å². The van der Waals surface area contributed by atoms with E-state index in [-0.39, 0.29) is 0 Å². The fraction of sp³-hybridized carbons (Fsp3) is 0.467. The zero-order chi connectivity index (χ0) is 13.2. The molecule has 1 fully saturated rings. The van der Waals surface area contributed by atoms with Gasteiger partial charge in [-0.3, -0.25) is 4.68 Å². The maximum atomic E-state index is 4.34. The van der Waals surface area contributed by atoms with Gasteiger partial charge in [0.2, 0.25) is 0 Å². The minimum Gasteiger partial charge on any atom is -0.382 e. The molecule has 0 saturated heterocycles. The molecule has 0 aliphatic heterocycles. The van der Waals surface area contributed by atoms with E-state index in [9.17, 15) is 0 Å². The van der Waals surface area contributed by atoms with Crippen molar-refractivity contribution < 1.29 is 0 Å². The molecule has 1 atom stereocenters. The van der Waals surface area contributed by atoms with Crippen LogP contribution in [0.1, 0.15) is 26.2 Å². The van der Waals surface area contributed by atoms with Crippen molar-refractivity contribution in [1.29, 1.82) is 0 Å². The Bertz CT molecular complexity index is 557. The quantitative estimate of drug-likeness (QED) is 0.914. The molecule has 4 nitrogen and oxygen atoms in total. The summed E-state index contributed by atoms with van der Waals surface area (Å²) in [5.74, 6) is 1.61. The highest BCUT2D eigenvalue weighted by Gasteiger charge is 2.23. The van der Waals surface area contributed by atoms with Crippen molar-refractivity contribution in [3.8, 4) is 11.4 Å². The zero-order valence-corrected chi connectivity index (χ0v) is 11.5. The van der Waals surface area contributed by atoms with Crippen LogP contribution < -0.4 is 5.32 Å². The largest absolute Gasteiger partial charge is 0.382 e. The predicted octanol–water partition coefficient (Wildman–Crippen LogP) is 3.08. The standard InChI is InChI=1S/C15H20N4/c1-11(12-5-3-6-12)17-14-8-4-7-13(9-14)15-16-10-19(2)18-15/h4,7-12,17H,3,5-6H2,1-2H3. The van der Waals surface area contributed by atoms with E-state index in [1.807, 2.05) is 7.05 Å². The van der Waals surface area contributed by atoms with Gasteiger partial charge in [-0.25, -0.2) is 4.98 Å². The third-order valence-electron chi connectivity index (χ3n) is 3.97. The third-order valence-corrected chi connectivity index (χ3v) is 3.97. The van der Waals surface area contributed by atoms with E-state index in [0.29, 0.717) is 6.04 Å². The van der Waals surface area contributed by atoms with Crippen LogP contribution in [-0.4, -0.2) is 20.8 Å². The van der Waals surface area contributed by atoms with Crippen LogP contribution in [0.25, 0.3) is 11.4 Å². The molecule has 4 heteroatoms. The number of aromatic nitrogens is 3. The van der Waals surface area contributed by atoms with Gasteiger partial charge in [0.15, 0.2) is 5.82 Å². The van der Waals surface area contributed by atoms with Crippen LogP contribution in [-0.2, 0) is 7.05 Å². The van der Waals surface area contributed by atoms with Gasteiger partial charge >= 0.3 is 0 Å². The molecular formula is C15H20N4.